The van der Waals surface area contributed by atoms with E-state index < -0.39 is 23.5 Å². The third-order valence-corrected chi connectivity index (χ3v) is 15.6. The number of hydrogen-bond donors (Lipinski definition) is 2. The molecule has 12 nitrogen and oxygen atoms in total. The maximum Gasteiger partial charge on any atom is 0.416 e. The van der Waals surface area contributed by atoms with Gasteiger partial charge in [-0.3, -0.25) is 9.59 Å². The number of benzene rings is 2. The van der Waals surface area contributed by atoms with Gasteiger partial charge in [0.15, 0.2) is 0 Å². The molecule has 0 saturated carbocycles. The Hall–Kier alpha value is -4.48. The molecule has 0 aliphatic carbocycles. The van der Waals surface area contributed by atoms with Crippen molar-refractivity contribution in [2.24, 2.45) is 11.7 Å². The Labute approximate surface area is 433 Å². The summed E-state index contributed by atoms with van der Waals surface area (Å²) in [5, 5.41) is 3.56. The van der Waals surface area contributed by atoms with E-state index in [9.17, 15) is 45.5 Å². The van der Waals surface area contributed by atoms with E-state index in [-0.39, 0.29) is 69.0 Å². The molecule has 4 aromatic rings. The third-order valence-electron chi connectivity index (χ3n) is 13.3. The van der Waals surface area contributed by atoms with Gasteiger partial charge in [-0.15, -0.1) is 22.7 Å². The average Bonchev–Trinajstić information content (AvgIpc) is 4.18. The highest BCUT2D eigenvalue weighted by Crippen LogP contribution is 2.36. The molecule has 0 radical (unpaired) electrons. The van der Waals surface area contributed by atoms with Gasteiger partial charge in [-0.1, -0.05) is 38.1 Å². The molecule has 71 heavy (non-hydrogen) atoms. The number of carbonyl (C=O) groups excluding carboxylic acids is 4. The van der Waals surface area contributed by atoms with Crippen molar-refractivity contribution in [3.05, 3.63) is 93.7 Å². The summed E-state index contributed by atoms with van der Waals surface area (Å²) < 4.78 is 76.8. The maximum absolute atomic E-state index is 13.2. The molecule has 4 fully saturated rings. The van der Waals surface area contributed by atoms with Gasteiger partial charge in [0.2, 0.25) is 0 Å². The number of hydrogen-bond acceptors (Lipinski definition) is 8. The Morgan fingerprint density at radius 1 is 0.606 bits per heavy atom. The van der Waals surface area contributed by atoms with Crippen molar-refractivity contribution in [1.82, 2.24) is 34.7 Å². The molecule has 0 bridgehead atoms. The highest BCUT2D eigenvalue weighted by Gasteiger charge is 2.38. The van der Waals surface area contributed by atoms with Crippen molar-refractivity contribution in [2.45, 2.75) is 82.5 Å². The third kappa shape index (κ3) is 14.4. The number of likely N-dealkylation sites (N-methyl/N-ethyl adjacent to an activating group) is 2. The van der Waals surface area contributed by atoms with Gasteiger partial charge < -0.3 is 40.4 Å². The van der Waals surface area contributed by atoms with Crippen LogP contribution in [-0.2, 0) is 12.4 Å². The summed E-state index contributed by atoms with van der Waals surface area (Å²) in [6, 6.07) is 17.0. The zero-order chi connectivity index (χ0) is 49.8. The van der Waals surface area contributed by atoms with Gasteiger partial charge in [-0.2, -0.15) is 53.3 Å². The minimum Gasteiger partial charge on any atom is -0.336 e. The molecule has 3 N–H and O–H groups in total. The number of thiophene rings is 2. The Morgan fingerprint density at radius 2 is 1.00 bits per heavy atom. The smallest absolute Gasteiger partial charge is 0.336 e. The van der Waals surface area contributed by atoms with E-state index in [4.69, 9.17) is 5.73 Å². The molecule has 2 aromatic carbocycles. The molecule has 4 saturated heterocycles. The summed E-state index contributed by atoms with van der Waals surface area (Å²) in [6.45, 7) is 10.2. The molecule has 2 aromatic heterocycles. The summed E-state index contributed by atoms with van der Waals surface area (Å²) >= 11 is 2.51. The van der Waals surface area contributed by atoms with Crippen LogP contribution < -0.4 is 11.1 Å². The summed E-state index contributed by atoms with van der Waals surface area (Å²) in [5.74, 6) is 0.354. The van der Waals surface area contributed by atoms with Crippen molar-refractivity contribution in [1.29, 1.82) is 0 Å². The Morgan fingerprint density at radius 3 is 1.39 bits per heavy atom. The molecule has 22 heteroatoms. The standard InChI is InChI=1S/C27H35F3N4O2S.C22H25F3N4O2S.2H2S/c1-18(2)10-13-31-21-11-14-33(16-21)26(36)34-15-12-22(17-34)32(3)25(35)24-9-8-23(37-24)19-4-6-20(7-5-19)27(28,29)30;1-27(17-9-11-29(13-17)21(31)28-10-8-16(26)12-28)20(30)19-7-6-18(32-19)14-2-4-15(5-3-14)22(23,24)25;;/h4-9,18,21-22,31H,10-17H2,1-3H3;2-7,16-17H,8-13,26H2,1H3;2*1H2/t21-,22+;16-,17+;;/m11../s1. The zero-order valence-corrected chi connectivity index (χ0v) is 43.8. The van der Waals surface area contributed by atoms with Gasteiger partial charge in [-0.25, -0.2) is 9.59 Å². The van der Waals surface area contributed by atoms with Gasteiger partial charge in [0.1, 0.15) is 0 Å². The zero-order valence-electron chi connectivity index (χ0n) is 40.2. The second-order valence-corrected chi connectivity index (χ2v) is 20.9. The van der Waals surface area contributed by atoms with Crippen LogP contribution in [0.4, 0.5) is 35.9 Å². The molecule has 8 rings (SSSR count). The van der Waals surface area contributed by atoms with Crippen molar-refractivity contribution in [2.75, 3.05) is 73.0 Å². The SMILES string of the molecule is CC(C)CCN[C@@H]1CCN(C(=O)N2CC[C@H](N(C)C(=O)c3ccc(-c4ccc(C(F)(F)F)cc4)s3)C2)C1.CN(C(=O)c1ccc(-c2ccc(C(F)(F)F)cc2)s1)[C@H]1CCN(C(=O)N2CC[C@@H](N)C2)C1.S.S. The van der Waals surface area contributed by atoms with Crippen LogP contribution in [0.2, 0.25) is 0 Å². The Kier molecular flexibility index (Phi) is 19.8. The first-order chi connectivity index (χ1) is 32.7. The fraction of sp³-hybridized carbons (Fsp3) is 0.510. The fourth-order valence-electron chi connectivity index (χ4n) is 9.04. The quantitative estimate of drug-likeness (QED) is 0.153. The highest BCUT2D eigenvalue weighted by atomic mass is 32.1. The molecule has 6 amide bonds. The Bertz CT molecular complexity index is 2420. The average molecular weight is 1070 g/mol. The minimum absolute atomic E-state index is 0. The van der Waals surface area contributed by atoms with Crippen LogP contribution in [0.5, 0.6) is 0 Å². The van der Waals surface area contributed by atoms with Crippen LogP contribution >= 0.6 is 49.7 Å². The van der Waals surface area contributed by atoms with Gasteiger partial charge in [0.05, 0.1) is 33.0 Å². The number of carbonyl (C=O) groups is 4. The highest BCUT2D eigenvalue weighted by molar-refractivity contribution is 7.59. The number of rotatable bonds is 10. The number of nitrogens with zero attached hydrogens (tertiary/aromatic N) is 6. The van der Waals surface area contributed by atoms with E-state index in [1.807, 2.05) is 9.80 Å². The van der Waals surface area contributed by atoms with E-state index in [1.54, 1.807) is 58.0 Å². The molecule has 4 atom stereocenters. The van der Waals surface area contributed by atoms with E-state index in [2.05, 4.69) is 19.2 Å². The first kappa shape index (κ1) is 57.4. The van der Waals surface area contributed by atoms with Crippen LogP contribution in [0.3, 0.4) is 0 Å². The van der Waals surface area contributed by atoms with Crippen molar-refractivity contribution < 1.29 is 45.5 Å². The molecular weight excluding hydrogens is 1010 g/mol. The summed E-state index contributed by atoms with van der Waals surface area (Å²) in [4.78, 5) is 65.0. The van der Waals surface area contributed by atoms with Gasteiger partial charge >= 0.3 is 24.4 Å². The van der Waals surface area contributed by atoms with E-state index in [1.165, 1.54) is 46.9 Å². The molecule has 390 valence electrons. The lowest BCUT2D eigenvalue weighted by Crippen LogP contribution is -2.45. The van der Waals surface area contributed by atoms with Gasteiger partial charge in [0, 0.05) is 88.3 Å². The monoisotopic (exact) mass is 1070 g/mol. The normalized spacial score (nSPS) is 20.1. The molecule has 0 spiro atoms. The lowest BCUT2D eigenvalue weighted by molar-refractivity contribution is -0.138. The molecule has 6 heterocycles. The summed E-state index contributed by atoms with van der Waals surface area (Å²) in [7, 11) is 3.48. The van der Waals surface area contributed by atoms with E-state index >= 15 is 0 Å². The minimum atomic E-state index is -4.38. The molecule has 0 unspecified atom stereocenters. The Balaban J connectivity index is 0.000000259. The number of likely N-dealkylation sites (tertiary alicyclic amines) is 4. The lowest BCUT2D eigenvalue weighted by atomic mass is 10.1. The number of nitrogens with one attached hydrogen (secondary N) is 1. The summed E-state index contributed by atoms with van der Waals surface area (Å²) in [5.41, 5.74) is 5.77. The predicted molar refractivity (Wildman–Crippen MR) is 277 cm³/mol. The predicted octanol–water partition coefficient (Wildman–Crippen LogP) is 9.37. The maximum atomic E-state index is 13.2. The van der Waals surface area contributed by atoms with E-state index in [0.29, 0.717) is 78.5 Å². The van der Waals surface area contributed by atoms with Crippen molar-refractivity contribution >= 4 is 73.5 Å². The first-order valence-corrected chi connectivity index (χ1v) is 25.0. The number of halogens is 6. The fourth-order valence-corrected chi connectivity index (χ4v) is 11.0. The molecule has 4 aliphatic heterocycles. The topological polar surface area (TPSA) is 126 Å². The summed E-state index contributed by atoms with van der Waals surface area (Å²) in [6.07, 6.45) is -4.46. The van der Waals surface area contributed by atoms with Gasteiger partial charge in [-0.05, 0) is 104 Å². The second-order valence-electron chi connectivity index (χ2n) is 18.7. The second kappa shape index (κ2) is 24.5. The van der Waals surface area contributed by atoms with E-state index in [0.717, 1.165) is 79.3 Å². The van der Waals surface area contributed by atoms with Gasteiger partial charge in [0.25, 0.3) is 11.8 Å². The number of amides is 6. The number of urea groups is 2. The largest absolute Gasteiger partial charge is 0.416 e. The number of alkyl halides is 6. The van der Waals surface area contributed by atoms with Crippen LogP contribution in [0, 0.1) is 5.92 Å². The van der Waals surface area contributed by atoms with Crippen LogP contribution in [-0.4, -0.2) is 150 Å². The van der Waals surface area contributed by atoms with Crippen LogP contribution in [0.1, 0.15) is 76.4 Å². The first-order valence-electron chi connectivity index (χ1n) is 23.3. The lowest BCUT2D eigenvalue weighted by Gasteiger charge is -2.27. The molecule has 4 aliphatic rings. The van der Waals surface area contributed by atoms with Crippen LogP contribution in [0.25, 0.3) is 20.9 Å². The number of nitrogens with two attached hydrogens (primary N) is 1. The molecular formula is C49H64F6N8O4S4. The van der Waals surface area contributed by atoms with Crippen LogP contribution in [0.15, 0.2) is 72.8 Å². The van der Waals surface area contributed by atoms with Crippen molar-refractivity contribution in [3.63, 3.8) is 0 Å². The van der Waals surface area contributed by atoms with Crippen molar-refractivity contribution in [3.8, 4) is 20.9 Å².